The third-order valence-electron chi connectivity index (χ3n) is 3.46. The minimum Gasteiger partial charge on any atom is -0.345 e. The highest BCUT2D eigenvalue weighted by atomic mass is 79.9. The predicted molar refractivity (Wildman–Crippen MR) is 88.1 cm³/mol. The summed E-state index contributed by atoms with van der Waals surface area (Å²) in [4.78, 5) is 22.7. The second-order valence-corrected chi connectivity index (χ2v) is 6.15. The third kappa shape index (κ3) is 4.56. The number of hydrogen-bond donors (Lipinski definition) is 1. The second kappa shape index (κ2) is 7.22. The van der Waals surface area contributed by atoms with Crippen molar-refractivity contribution in [2.24, 2.45) is 0 Å². The number of nitrogens with zero attached hydrogens (tertiary/aromatic N) is 1. The van der Waals surface area contributed by atoms with Gasteiger partial charge in [-0.1, -0.05) is 28.1 Å². The Morgan fingerprint density at radius 2 is 1.92 bits per heavy atom. The van der Waals surface area contributed by atoms with E-state index in [-0.39, 0.29) is 11.1 Å². The maximum absolute atomic E-state index is 12.8. The maximum Gasteiger partial charge on any atom is 0.416 e. The third-order valence-corrected chi connectivity index (χ3v) is 3.96. The highest BCUT2D eigenvalue weighted by molar-refractivity contribution is 9.10. The fourth-order valence-corrected chi connectivity index (χ4v) is 2.54. The van der Waals surface area contributed by atoms with Gasteiger partial charge in [0.25, 0.3) is 11.6 Å². The fraction of sp³-hybridized carbons (Fsp3) is 0.188. The maximum atomic E-state index is 12.8. The number of nitro groups is 1. The smallest absolute Gasteiger partial charge is 0.345 e. The van der Waals surface area contributed by atoms with E-state index in [4.69, 9.17) is 0 Å². The average molecular weight is 417 g/mol. The zero-order valence-electron chi connectivity index (χ0n) is 12.8. The van der Waals surface area contributed by atoms with Crippen LogP contribution in [0.5, 0.6) is 0 Å². The normalized spacial score (nSPS) is 12.5. The van der Waals surface area contributed by atoms with Crippen LogP contribution in [0.15, 0.2) is 46.9 Å². The summed E-state index contributed by atoms with van der Waals surface area (Å²) in [6, 6.07) is 7.70. The summed E-state index contributed by atoms with van der Waals surface area (Å²) in [5.41, 5.74) is -1.17. The number of alkyl halides is 3. The Morgan fingerprint density at radius 1 is 1.24 bits per heavy atom. The molecule has 0 saturated heterocycles. The summed E-state index contributed by atoms with van der Waals surface area (Å²) in [6.45, 7) is 1.50. The van der Waals surface area contributed by atoms with Gasteiger partial charge in [-0.15, -0.1) is 0 Å². The number of benzene rings is 2. The number of amides is 1. The summed E-state index contributed by atoms with van der Waals surface area (Å²) >= 11 is 3.09. The largest absolute Gasteiger partial charge is 0.416 e. The first kappa shape index (κ1) is 18.9. The van der Waals surface area contributed by atoms with Gasteiger partial charge in [0.15, 0.2) is 0 Å². The number of carbonyl (C=O) groups is 1. The summed E-state index contributed by atoms with van der Waals surface area (Å²) in [5.74, 6) is -0.746. The molecule has 0 aliphatic rings. The van der Waals surface area contributed by atoms with E-state index in [1.54, 1.807) is 0 Å². The molecule has 0 fully saturated rings. The van der Waals surface area contributed by atoms with Crippen LogP contribution in [0.2, 0.25) is 0 Å². The Bertz CT molecular complexity index is 825. The molecule has 0 saturated carbocycles. The molecule has 0 unspecified atom stereocenters. The van der Waals surface area contributed by atoms with Crippen molar-refractivity contribution in [3.05, 3.63) is 73.7 Å². The Hall–Kier alpha value is -2.42. The van der Waals surface area contributed by atoms with Gasteiger partial charge in [-0.2, -0.15) is 13.2 Å². The first-order chi connectivity index (χ1) is 11.6. The van der Waals surface area contributed by atoms with Crippen LogP contribution in [0.25, 0.3) is 0 Å². The van der Waals surface area contributed by atoms with E-state index in [1.165, 1.54) is 37.3 Å². The van der Waals surface area contributed by atoms with Crippen LogP contribution in [-0.4, -0.2) is 10.8 Å². The molecule has 1 amide bonds. The summed E-state index contributed by atoms with van der Waals surface area (Å²) in [7, 11) is 0. The van der Waals surface area contributed by atoms with E-state index >= 15 is 0 Å². The Kier molecular flexibility index (Phi) is 5.46. The molecule has 2 rings (SSSR count). The zero-order chi connectivity index (χ0) is 18.8. The standard InChI is InChI=1S/C16H12BrF3N2O3/c1-9(10-3-2-4-11(7-10)16(18,19)20)21-15(23)13-6-5-12(17)8-14(13)22(24)25/h2-9H,1H3,(H,21,23)/t9-/m1/s1. The minimum absolute atomic E-state index is 0.174. The lowest BCUT2D eigenvalue weighted by Crippen LogP contribution is -2.27. The molecule has 1 atom stereocenters. The second-order valence-electron chi connectivity index (χ2n) is 5.24. The topological polar surface area (TPSA) is 72.2 Å². The van der Waals surface area contributed by atoms with E-state index in [0.29, 0.717) is 4.47 Å². The molecule has 25 heavy (non-hydrogen) atoms. The van der Waals surface area contributed by atoms with Gasteiger partial charge in [-0.05, 0) is 36.8 Å². The van der Waals surface area contributed by atoms with E-state index in [0.717, 1.165) is 12.1 Å². The number of nitro benzene ring substituents is 1. The summed E-state index contributed by atoms with van der Waals surface area (Å²) < 4.78 is 38.7. The highest BCUT2D eigenvalue weighted by Gasteiger charge is 2.31. The van der Waals surface area contributed by atoms with Crippen LogP contribution < -0.4 is 5.32 Å². The molecule has 1 N–H and O–H groups in total. The highest BCUT2D eigenvalue weighted by Crippen LogP contribution is 2.31. The molecule has 0 aliphatic heterocycles. The predicted octanol–water partition coefficient (Wildman–Crippen LogP) is 4.87. The molecule has 0 bridgehead atoms. The zero-order valence-corrected chi connectivity index (χ0v) is 14.4. The van der Waals surface area contributed by atoms with Crippen molar-refractivity contribution in [2.75, 3.05) is 0 Å². The molecule has 2 aromatic rings. The lowest BCUT2D eigenvalue weighted by atomic mass is 10.0. The van der Waals surface area contributed by atoms with Crippen molar-refractivity contribution in [1.29, 1.82) is 0 Å². The van der Waals surface area contributed by atoms with E-state index in [9.17, 15) is 28.1 Å². The lowest BCUT2D eigenvalue weighted by molar-refractivity contribution is -0.385. The quantitative estimate of drug-likeness (QED) is 0.570. The van der Waals surface area contributed by atoms with E-state index < -0.39 is 34.3 Å². The number of rotatable bonds is 4. The van der Waals surface area contributed by atoms with Gasteiger partial charge in [0.05, 0.1) is 16.5 Å². The molecule has 0 spiro atoms. The van der Waals surface area contributed by atoms with Gasteiger partial charge in [0.1, 0.15) is 5.56 Å². The summed E-state index contributed by atoms with van der Waals surface area (Å²) in [6.07, 6.45) is -4.50. The van der Waals surface area contributed by atoms with Gasteiger partial charge >= 0.3 is 6.18 Å². The number of hydrogen-bond acceptors (Lipinski definition) is 3. The van der Waals surface area contributed by atoms with Crippen LogP contribution >= 0.6 is 15.9 Å². The molecule has 132 valence electrons. The van der Waals surface area contributed by atoms with Crippen molar-refractivity contribution < 1.29 is 22.9 Å². The molecule has 0 aliphatic carbocycles. The van der Waals surface area contributed by atoms with Crippen molar-refractivity contribution >= 4 is 27.5 Å². The van der Waals surface area contributed by atoms with Crippen molar-refractivity contribution in [3.8, 4) is 0 Å². The molecule has 0 radical (unpaired) electrons. The Morgan fingerprint density at radius 3 is 2.52 bits per heavy atom. The minimum atomic E-state index is -4.50. The Balaban J connectivity index is 2.26. The van der Waals surface area contributed by atoms with Gasteiger partial charge in [-0.25, -0.2) is 0 Å². The van der Waals surface area contributed by atoms with Gasteiger partial charge in [-0.3, -0.25) is 14.9 Å². The number of nitrogens with one attached hydrogen (secondary N) is 1. The first-order valence-electron chi connectivity index (χ1n) is 7.01. The van der Waals surface area contributed by atoms with Crippen LogP contribution in [0.3, 0.4) is 0 Å². The number of halogens is 4. The van der Waals surface area contributed by atoms with Crippen molar-refractivity contribution in [3.63, 3.8) is 0 Å². The van der Waals surface area contributed by atoms with Crippen LogP contribution in [0, 0.1) is 10.1 Å². The molecule has 0 aromatic heterocycles. The van der Waals surface area contributed by atoms with Crippen molar-refractivity contribution in [2.45, 2.75) is 19.1 Å². The monoisotopic (exact) mass is 416 g/mol. The lowest BCUT2D eigenvalue weighted by Gasteiger charge is -2.16. The molecule has 0 heterocycles. The van der Waals surface area contributed by atoms with Gasteiger partial charge in [0, 0.05) is 10.5 Å². The SMILES string of the molecule is C[C@@H](NC(=O)c1ccc(Br)cc1[N+](=O)[O-])c1cccc(C(F)(F)F)c1. The summed E-state index contributed by atoms with van der Waals surface area (Å²) in [5, 5.41) is 13.5. The van der Waals surface area contributed by atoms with Crippen LogP contribution in [-0.2, 0) is 6.18 Å². The number of carbonyl (C=O) groups excluding carboxylic acids is 1. The van der Waals surface area contributed by atoms with E-state index in [2.05, 4.69) is 21.2 Å². The van der Waals surface area contributed by atoms with Crippen LogP contribution in [0.1, 0.15) is 34.5 Å². The van der Waals surface area contributed by atoms with Crippen LogP contribution in [0.4, 0.5) is 18.9 Å². The van der Waals surface area contributed by atoms with Gasteiger partial charge in [0.2, 0.25) is 0 Å². The molecule has 9 heteroatoms. The first-order valence-corrected chi connectivity index (χ1v) is 7.81. The fourth-order valence-electron chi connectivity index (χ4n) is 2.19. The van der Waals surface area contributed by atoms with Gasteiger partial charge < -0.3 is 5.32 Å². The van der Waals surface area contributed by atoms with Crippen molar-refractivity contribution in [1.82, 2.24) is 5.32 Å². The Labute approximate surface area is 149 Å². The van der Waals surface area contributed by atoms with E-state index in [1.807, 2.05) is 0 Å². The molecule has 2 aromatic carbocycles. The average Bonchev–Trinajstić information content (AvgIpc) is 2.53. The molecular formula is C16H12BrF3N2O3. The molecule has 5 nitrogen and oxygen atoms in total. The molecular weight excluding hydrogens is 405 g/mol.